The Morgan fingerprint density at radius 2 is 0.922 bits per heavy atom. The molecule has 0 aliphatic carbocycles. The Morgan fingerprint density at radius 1 is 0.547 bits per heavy atom. The molecule has 2 aromatic carbocycles. The number of benzene rings is 2. The lowest BCUT2D eigenvalue weighted by Gasteiger charge is -2.37. The highest BCUT2D eigenvalue weighted by atomic mass is 32.2. The van der Waals surface area contributed by atoms with Crippen LogP contribution in [0.25, 0.3) is 0 Å². The number of pyridine rings is 2. The van der Waals surface area contributed by atoms with Gasteiger partial charge in [-0.2, -0.15) is 0 Å². The van der Waals surface area contributed by atoms with E-state index in [0.29, 0.717) is 49.9 Å². The molecule has 2 amide bonds. The zero-order chi connectivity index (χ0) is 45.8. The van der Waals surface area contributed by atoms with E-state index in [1.807, 2.05) is 22.2 Å². The third-order valence-electron chi connectivity index (χ3n) is 13.4. The number of sulfone groups is 2. The van der Waals surface area contributed by atoms with E-state index >= 15 is 0 Å². The van der Waals surface area contributed by atoms with Crippen LogP contribution in [0.15, 0.2) is 82.8 Å². The quantitative estimate of drug-likeness (QED) is 0.155. The predicted molar refractivity (Wildman–Crippen MR) is 244 cm³/mol. The second-order valence-corrected chi connectivity index (χ2v) is 21.7. The first-order chi connectivity index (χ1) is 30.5. The van der Waals surface area contributed by atoms with E-state index < -0.39 is 31.3 Å². The first-order valence-corrected chi connectivity index (χ1v) is 26.3. The monoisotopic (exact) mass is 918 g/mol. The summed E-state index contributed by atoms with van der Waals surface area (Å²) in [7, 11) is -6.91. The Kier molecular flexibility index (Phi) is 14.7. The number of carbonyl (C=O) groups excluding carboxylic acids is 2. The predicted octanol–water partition coefficient (Wildman–Crippen LogP) is 6.49. The lowest BCUT2D eigenvalue weighted by molar-refractivity contribution is -0.134. The Labute approximate surface area is 376 Å². The normalized spacial score (nSPS) is 20.2. The van der Waals surface area contributed by atoms with Crippen molar-refractivity contribution in [3.05, 3.63) is 107 Å². The summed E-state index contributed by atoms with van der Waals surface area (Å²) in [5, 5.41) is 0. The Hall–Kier alpha value is -4.96. The molecule has 0 unspecified atom stereocenters. The second kappa shape index (κ2) is 20.1. The summed E-state index contributed by atoms with van der Waals surface area (Å²) < 4.78 is 75.4. The molecule has 64 heavy (non-hydrogen) atoms. The van der Waals surface area contributed by atoms with Crippen LogP contribution in [0, 0.1) is 23.5 Å². The van der Waals surface area contributed by atoms with E-state index in [0.717, 1.165) is 101 Å². The molecule has 4 saturated heterocycles. The van der Waals surface area contributed by atoms with Crippen molar-refractivity contribution in [2.24, 2.45) is 11.8 Å². The van der Waals surface area contributed by atoms with Gasteiger partial charge in [-0.1, -0.05) is 38.1 Å². The van der Waals surface area contributed by atoms with Crippen LogP contribution in [-0.2, 0) is 54.9 Å². The van der Waals surface area contributed by atoms with Gasteiger partial charge in [0.25, 0.3) is 0 Å². The zero-order valence-corrected chi connectivity index (χ0v) is 38.9. The standard InChI is InChI=1S/2C24H30FN3O3S/c2*1-3-17-4-7-23(26-16-17)27-11-9-20(10-12-27)28-13-8-19(24(28)29)14-18-5-6-21(15-22(18)25)32(2,30)31/h2*4-7,15-16,19-20H,3,8-14H2,1-2H3/t2*19-/m10/s1. The molecule has 4 aliphatic heterocycles. The number of halogens is 2. The van der Waals surface area contributed by atoms with Crippen molar-refractivity contribution < 1.29 is 35.2 Å². The fourth-order valence-corrected chi connectivity index (χ4v) is 10.7. The van der Waals surface area contributed by atoms with Crippen molar-refractivity contribution in [2.45, 2.75) is 99.9 Å². The molecule has 0 bridgehead atoms. The molecule has 0 spiro atoms. The average molecular weight is 919 g/mol. The first-order valence-electron chi connectivity index (χ1n) is 22.5. The summed E-state index contributed by atoms with van der Waals surface area (Å²) in [5.74, 6) is 0.507. The minimum Gasteiger partial charge on any atom is -0.356 e. The van der Waals surface area contributed by atoms with Crippen LogP contribution in [0.3, 0.4) is 0 Å². The third-order valence-corrected chi connectivity index (χ3v) is 15.7. The van der Waals surface area contributed by atoms with Crippen molar-refractivity contribution in [1.82, 2.24) is 19.8 Å². The molecular formula is C48H60F2N6O6S2. The molecule has 0 radical (unpaired) electrons. The highest BCUT2D eigenvalue weighted by molar-refractivity contribution is 7.91. The van der Waals surface area contributed by atoms with Gasteiger partial charge in [-0.3, -0.25) is 9.59 Å². The van der Waals surface area contributed by atoms with Crippen LogP contribution in [0.1, 0.15) is 74.6 Å². The number of amides is 2. The van der Waals surface area contributed by atoms with Crippen LogP contribution in [0.5, 0.6) is 0 Å². The lowest BCUT2D eigenvalue weighted by Crippen LogP contribution is -2.46. The number of anilines is 2. The third kappa shape index (κ3) is 11.1. The molecule has 4 fully saturated rings. The molecule has 4 aliphatic rings. The van der Waals surface area contributed by atoms with Crippen LogP contribution >= 0.6 is 0 Å². The minimum absolute atomic E-state index is 0.0382. The van der Waals surface area contributed by atoms with Gasteiger partial charge in [0.2, 0.25) is 11.8 Å². The van der Waals surface area contributed by atoms with Crippen molar-refractivity contribution in [2.75, 3.05) is 61.6 Å². The molecule has 344 valence electrons. The average Bonchev–Trinajstić information content (AvgIpc) is 3.84. The Bertz CT molecular complexity index is 2340. The van der Waals surface area contributed by atoms with Crippen molar-refractivity contribution >= 4 is 43.1 Å². The summed E-state index contributed by atoms with van der Waals surface area (Å²) in [6.45, 7) is 9.06. The van der Waals surface area contributed by atoms with E-state index in [9.17, 15) is 35.2 Å². The van der Waals surface area contributed by atoms with Crippen molar-refractivity contribution in [1.29, 1.82) is 0 Å². The summed E-state index contributed by atoms with van der Waals surface area (Å²) >= 11 is 0. The first kappa shape index (κ1) is 47.0. The number of hydrogen-bond acceptors (Lipinski definition) is 10. The van der Waals surface area contributed by atoms with Crippen LogP contribution in [0.4, 0.5) is 20.4 Å². The maximum atomic E-state index is 14.5. The number of piperidine rings is 2. The second-order valence-electron chi connectivity index (χ2n) is 17.7. The highest BCUT2D eigenvalue weighted by Crippen LogP contribution is 2.32. The molecule has 0 saturated carbocycles. The van der Waals surface area contributed by atoms with Gasteiger partial charge in [-0.05, 0) is 123 Å². The van der Waals surface area contributed by atoms with Gasteiger partial charge in [-0.15, -0.1) is 0 Å². The van der Waals surface area contributed by atoms with Crippen LogP contribution < -0.4 is 9.80 Å². The van der Waals surface area contributed by atoms with E-state index in [-0.39, 0.29) is 45.5 Å². The van der Waals surface area contributed by atoms with Gasteiger partial charge in [0.15, 0.2) is 19.7 Å². The van der Waals surface area contributed by atoms with Crippen molar-refractivity contribution in [3.8, 4) is 0 Å². The number of carbonyl (C=O) groups is 2. The SMILES string of the molecule is CCc1ccc(N2CCC(N3CC[C@@H](Cc4ccc(S(C)(=O)=O)cc4F)C3=O)CC2)nc1.CCc1ccc(N2CCC(N3CC[C@H](Cc4ccc(S(C)(=O)=O)cc4F)C3=O)CC2)nc1. The molecule has 0 N–H and O–H groups in total. The minimum atomic E-state index is -3.46. The topological polar surface area (TPSA) is 141 Å². The Balaban J connectivity index is 0.000000191. The number of rotatable bonds is 12. The van der Waals surface area contributed by atoms with Gasteiger partial charge in [-0.25, -0.2) is 35.6 Å². The van der Waals surface area contributed by atoms with Crippen LogP contribution in [0.2, 0.25) is 0 Å². The Morgan fingerprint density at radius 3 is 1.22 bits per heavy atom. The molecule has 2 aromatic heterocycles. The molecular weight excluding hydrogens is 859 g/mol. The van der Waals surface area contributed by atoms with Gasteiger partial charge < -0.3 is 19.6 Å². The molecule has 6 heterocycles. The molecule has 12 nitrogen and oxygen atoms in total. The maximum absolute atomic E-state index is 14.5. The lowest BCUT2D eigenvalue weighted by atomic mass is 9.97. The molecule has 8 rings (SSSR count). The number of likely N-dealkylation sites (tertiary alicyclic amines) is 2. The van der Waals surface area contributed by atoms with Gasteiger partial charge in [0.1, 0.15) is 23.3 Å². The van der Waals surface area contributed by atoms with E-state index in [1.54, 1.807) is 0 Å². The summed E-state index contributed by atoms with van der Waals surface area (Å²) in [4.78, 5) is 43.6. The van der Waals surface area contributed by atoms with E-state index in [2.05, 4.69) is 57.9 Å². The van der Waals surface area contributed by atoms with Gasteiger partial charge >= 0.3 is 0 Å². The van der Waals surface area contributed by atoms with Crippen LogP contribution in [-0.4, -0.2) is 112 Å². The summed E-state index contributed by atoms with van der Waals surface area (Å²) in [6.07, 6.45) is 13.5. The molecule has 16 heteroatoms. The maximum Gasteiger partial charge on any atom is 0.226 e. The van der Waals surface area contributed by atoms with Crippen molar-refractivity contribution in [3.63, 3.8) is 0 Å². The summed E-state index contributed by atoms with van der Waals surface area (Å²) in [6, 6.07) is 16.7. The highest BCUT2D eigenvalue weighted by Gasteiger charge is 2.39. The largest absolute Gasteiger partial charge is 0.356 e. The fourth-order valence-electron chi connectivity index (χ4n) is 9.45. The molecule has 4 aromatic rings. The zero-order valence-electron chi connectivity index (χ0n) is 37.3. The fraction of sp³-hybridized carbons (Fsp3) is 0.500. The summed E-state index contributed by atoms with van der Waals surface area (Å²) in [5.41, 5.74) is 3.24. The number of hydrogen-bond donors (Lipinski definition) is 0. The molecule has 2 atom stereocenters. The van der Waals surface area contributed by atoms with Gasteiger partial charge in [0, 0.05) is 88.1 Å². The number of nitrogens with zero attached hydrogens (tertiary/aromatic N) is 6. The van der Waals surface area contributed by atoms with Gasteiger partial charge in [0.05, 0.1) is 9.79 Å². The van der Waals surface area contributed by atoms with E-state index in [4.69, 9.17) is 0 Å². The smallest absolute Gasteiger partial charge is 0.226 e. The number of aromatic nitrogens is 2. The number of aryl methyl sites for hydroxylation is 2. The van der Waals surface area contributed by atoms with E-state index in [1.165, 1.54) is 35.4 Å².